The summed E-state index contributed by atoms with van der Waals surface area (Å²) >= 11 is 1.58. The van der Waals surface area contributed by atoms with Crippen LogP contribution >= 0.6 is 11.3 Å². The molecule has 1 N–H and O–H groups in total. The van der Waals surface area contributed by atoms with E-state index in [2.05, 4.69) is 11.3 Å². The molecule has 0 aliphatic rings. The van der Waals surface area contributed by atoms with Crippen LogP contribution in [0.2, 0.25) is 0 Å². The Labute approximate surface area is 175 Å². The third kappa shape index (κ3) is 5.34. The Morgan fingerprint density at radius 1 is 1.10 bits per heavy atom. The minimum Gasteiger partial charge on any atom is -0.330 e. The van der Waals surface area contributed by atoms with E-state index in [1.54, 1.807) is 34.4 Å². The number of rotatable bonds is 8. The van der Waals surface area contributed by atoms with Gasteiger partial charge in [0.25, 0.3) is 15.9 Å². The summed E-state index contributed by atoms with van der Waals surface area (Å²) < 4.78 is 27.7. The van der Waals surface area contributed by atoms with Gasteiger partial charge in [-0.25, -0.2) is 8.42 Å². The minimum absolute atomic E-state index is 0.100. The van der Waals surface area contributed by atoms with E-state index in [0.717, 1.165) is 10.4 Å². The summed E-state index contributed by atoms with van der Waals surface area (Å²) in [6.07, 6.45) is 1.68. The third-order valence-corrected chi connectivity index (χ3v) is 6.54. The lowest BCUT2D eigenvalue weighted by Gasteiger charge is -2.20. The highest BCUT2D eigenvalue weighted by molar-refractivity contribution is 7.92. The summed E-state index contributed by atoms with van der Waals surface area (Å²) in [5.74, 6) is -0.172. The normalized spacial score (nSPS) is 11.1. The van der Waals surface area contributed by atoms with Crippen LogP contribution in [0.4, 0.5) is 5.69 Å². The molecule has 0 unspecified atom stereocenters. The Balaban J connectivity index is 1.76. The van der Waals surface area contributed by atoms with E-state index < -0.39 is 10.0 Å². The smallest absolute Gasteiger partial charge is 0.261 e. The molecule has 0 saturated carbocycles. The maximum Gasteiger partial charge on any atom is 0.261 e. The van der Waals surface area contributed by atoms with Crippen LogP contribution in [-0.4, -0.2) is 25.8 Å². The van der Waals surface area contributed by atoms with E-state index in [1.165, 1.54) is 24.3 Å². The summed E-state index contributed by atoms with van der Waals surface area (Å²) in [5, 5.41) is 1.96. The summed E-state index contributed by atoms with van der Waals surface area (Å²) in [5.41, 5.74) is 1.96. The number of benzene rings is 2. The number of anilines is 1. The molecule has 150 valence electrons. The van der Waals surface area contributed by atoms with Crippen LogP contribution < -0.4 is 4.72 Å². The summed E-state index contributed by atoms with van der Waals surface area (Å²) in [6.45, 7) is 6.54. The molecule has 0 spiro atoms. The summed E-state index contributed by atoms with van der Waals surface area (Å²) in [6, 6.07) is 17.0. The predicted molar refractivity (Wildman–Crippen MR) is 118 cm³/mol. The Morgan fingerprint density at radius 2 is 1.79 bits per heavy atom. The number of nitrogens with zero attached hydrogens (tertiary/aromatic N) is 1. The first-order valence-electron chi connectivity index (χ1n) is 9.01. The van der Waals surface area contributed by atoms with Crippen LogP contribution in [0.25, 0.3) is 0 Å². The number of aryl methyl sites for hydroxylation is 1. The molecule has 0 fully saturated rings. The number of carbonyl (C=O) groups is 1. The van der Waals surface area contributed by atoms with E-state index in [0.29, 0.717) is 24.3 Å². The zero-order valence-corrected chi connectivity index (χ0v) is 17.7. The Hall–Kier alpha value is -2.90. The average Bonchev–Trinajstić information content (AvgIpc) is 3.22. The molecular formula is C22H22N2O3S2. The van der Waals surface area contributed by atoms with Crippen molar-refractivity contribution in [1.82, 2.24) is 4.90 Å². The van der Waals surface area contributed by atoms with Crippen molar-refractivity contribution < 1.29 is 13.2 Å². The van der Waals surface area contributed by atoms with E-state index in [9.17, 15) is 13.2 Å². The van der Waals surface area contributed by atoms with Crippen molar-refractivity contribution in [3.8, 4) is 0 Å². The second-order valence-corrected chi connectivity index (χ2v) is 9.26. The lowest BCUT2D eigenvalue weighted by atomic mass is 10.2. The lowest BCUT2D eigenvalue weighted by molar-refractivity contribution is 0.0764. The van der Waals surface area contributed by atoms with Crippen molar-refractivity contribution >= 4 is 33.0 Å². The van der Waals surface area contributed by atoms with Crippen LogP contribution in [0.3, 0.4) is 0 Å². The zero-order chi connectivity index (χ0) is 20.9. The summed E-state index contributed by atoms with van der Waals surface area (Å²) in [4.78, 5) is 15.7. The molecule has 1 amide bonds. The molecule has 1 heterocycles. The first kappa shape index (κ1) is 20.8. The Bertz CT molecular complexity index is 1070. The largest absolute Gasteiger partial charge is 0.330 e. The zero-order valence-electron chi connectivity index (χ0n) is 16.0. The number of carbonyl (C=O) groups excluding carboxylic acids is 1. The molecule has 5 nitrogen and oxygen atoms in total. The lowest BCUT2D eigenvalue weighted by Crippen LogP contribution is -2.30. The number of thiophene rings is 1. The van der Waals surface area contributed by atoms with Gasteiger partial charge in [0.05, 0.1) is 11.4 Å². The van der Waals surface area contributed by atoms with Crippen molar-refractivity contribution in [3.05, 3.63) is 94.7 Å². The van der Waals surface area contributed by atoms with Crippen LogP contribution in [0.1, 0.15) is 20.8 Å². The molecule has 7 heteroatoms. The number of amides is 1. The van der Waals surface area contributed by atoms with Crippen molar-refractivity contribution in [2.75, 3.05) is 11.3 Å². The van der Waals surface area contributed by atoms with Gasteiger partial charge in [0.2, 0.25) is 0 Å². The maximum atomic E-state index is 12.9. The first-order valence-corrected chi connectivity index (χ1v) is 11.4. The van der Waals surface area contributed by atoms with E-state index >= 15 is 0 Å². The highest BCUT2D eigenvalue weighted by Crippen LogP contribution is 2.19. The second kappa shape index (κ2) is 9.07. The highest BCUT2D eigenvalue weighted by atomic mass is 32.2. The SMILES string of the molecule is C=CCN(Cc1cccs1)C(=O)c1ccc(S(=O)(=O)Nc2ccc(C)cc2)cc1. The standard InChI is InChI=1S/C22H22N2O3S2/c1-3-14-24(16-20-5-4-15-28-20)22(25)18-8-12-21(13-9-18)29(26,27)23-19-10-6-17(2)7-11-19/h3-13,15,23H,1,14,16H2,2H3. The monoisotopic (exact) mass is 426 g/mol. The minimum atomic E-state index is -3.73. The van der Waals surface area contributed by atoms with Crippen LogP contribution in [-0.2, 0) is 16.6 Å². The molecule has 0 saturated heterocycles. The van der Waals surface area contributed by atoms with Gasteiger partial charge in [0.1, 0.15) is 0 Å². The molecule has 0 radical (unpaired) electrons. The van der Waals surface area contributed by atoms with Gasteiger partial charge >= 0.3 is 0 Å². The van der Waals surface area contributed by atoms with Crippen molar-refractivity contribution in [3.63, 3.8) is 0 Å². The van der Waals surface area contributed by atoms with Crippen LogP contribution in [0, 0.1) is 6.92 Å². The van der Waals surface area contributed by atoms with Crippen molar-refractivity contribution in [2.24, 2.45) is 0 Å². The van der Waals surface area contributed by atoms with Gasteiger partial charge in [0.15, 0.2) is 0 Å². The Morgan fingerprint density at radius 3 is 2.38 bits per heavy atom. The molecule has 0 aliphatic carbocycles. The van der Waals surface area contributed by atoms with Crippen LogP contribution in [0.15, 0.2) is 83.6 Å². The van der Waals surface area contributed by atoms with Gasteiger partial charge in [-0.05, 0) is 54.8 Å². The van der Waals surface area contributed by atoms with Gasteiger partial charge in [-0.3, -0.25) is 9.52 Å². The number of nitrogens with one attached hydrogen (secondary N) is 1. The molecule has 0 aliphatic heterocycles. The molecule has 0 atom stereocenters. The third-order valence-electron chi connectivity index (χ3n) is 4.28. The number of sulfonamides is 1. The molecule has 3 aromatic rings. The fourth-order valence-corrected chi connectivity index (χ4v) is 4.54. The number of hydrogen-bond donors (Lipinski definition) is 1. The van der Waals surface area contributed by atoms with Crippen molar-refractivity contribution in [1.29, 1.82) is 0 Å². The predicted octanol–water partition coefficient (Wildman–Crippen LogP) is 4.69. The van der Waals surface area contributed by atoms with Gasteiger partial charge in [-0.2, -0.15) is 0 Å². The fraction of sp³-hybridized carbons (Fsp3) is 0.136. The van der Waals surface area contributed by atoms with E-state index in [4.69, 9.17) is 0 Å². The quantitative estimate of drug-likeness (QED) is 0.532. The average molecular weight is 427 g/mol. The van der Waals surface area contributed by atoms with E-state index in [1.807, 2.05) is 36.6 Å². The van der Waals surface area contributed by atoms with Gasteiger partial charge in [-0.1, -0.05) is 29.8 Å². The molecule has 2 aromatic carbocycles. The highest BCUT2D eigenvalue weighted by Gasteiger charge is 2.18. The van der Waals surface area contributed by atoms with Gasteiger partial charge in [-0.15, -0.1) is 17.9 Å². The first-order chi connectivity index (χ1) is 13.9. The molecule has 1 aromatic heterocycles. The van der Waals surface area contributed by atoms with Crippen LogP contribution in [0.5, 0.6) is 0 Å². The van der Waals surface area contributed by atoms with Gasteiger partial charge in [0, 0.05) is 22.7 Å². The maximum absolute atomic E-state index is 12.9. The molecule has 29 heavy (non-hydrogen) atoms. The van der Waals surface area contributed by atoms with Crippen molar-refractivity contribution in [2.45, 2.75) is 18.4 Å². The molecule has 3 rings (SSSR count). The van der Waals surface area contributed by atoms with E-state index in [-0.39, 0.29) is 10.8 Å². The van der Waals surface area contributed by atoms with Gasteiger partial charge < -0.3 is 4.90 Å². The summed E-state index contributed by atoms with van der Waals surface area (Å²) in [7, 11) is -3.73. The molecule has 0 bridgehead atoms. The second-order valence-electron chi connectivity index (χ2n) is 6.55. The fourth-order valence-electron chi connectivity index (χ4n) is 2.76. The number of hydrogen-bond acceptors (Lipinski definition) is 4. The Kier molecular flexibility index (Phi) is 6.51. The molecular weight excluding hydrogens is 404 g/mol. The topological polar surface area (TPSA) is 66.5 Å².